The number of carbonyl (C=O) groups excluding carboxylic acids is 1. The van der Waals surface area contributed by atoms with Crippen LogP contribution in [0.25, 0.3) is 0 Å². The van der Waals surface area contributed by atoms with Gasteiger partial charge in [-0.25, -0.2) is 27.8 Å². The molecule has 0 bridgehead atoms. The molecule has 1 aromatic carbocycles. The number of carbonyl (C=O) groups is 1. The van der Waals surface area contributed by atoms with E-state index in [4.69, 9.17) is 9.47 Å². The van der Waals surface area contributed by atoms with Crippen molar-refractivity contribution in [3.05, 3.63) is 47.4 Å². The van der Waals surface area contributed by atoms with Crippen LogP contribution >= 0.6 is 0 Å². The average molecular weight is 438 g/mol. The minimum Gasteiger partial charge on any atom is -0.447 e. The molecule has 1 amide bonds. The van der Waals surface area contributed by atoms with Gasteiger partial charge in [-0.1, -0.05) is 0 Å². The Kier molecular flexibility index (Phi) is 6.40. The number of rotatable bonds is 6. The zero-order chi connectivity index (χ0) is 22.9. The maximum atomic E-state index is 14.6. The van der Waals surface area contributed by atoms with Gasteiger partial charge in [0.05, 0.1) is 23.9 Å². The topological polar surface area (TPSA) is 76.6 Å². The fourth-order valence-corrected chi connectivity index (χ4v) is 3.36. The molecule has 1 N–H and O–H groups in total. The molecule has 31 heavy (non-hydrogen) atoms. The highest BCUT2D eigenvalue weighted by Gasteiger charge is 2.41. The van der Waals surface area contributed by atoms with E-state index >= 15 is 0 Å². The van der Waals surface area contributed by atoms with Crippen molar-refractivity contribution in [1.29, 1.82) is 0 Å². The van der Waals surface area contributed by atoms with Crippen LogP contribution in [0, 0.1) is 17.5 Å². The number of amides is 1. The van der Waals surface area contributed by atoms with Crippen LogP contribution in [0.4, 0.5) is 29.7 Å². The molecule has 7 nitrogen and oxygen atoms in total. The van der Waals surface area contributed by atoms with Gasteiger partial charge in [0.25, 0.3) is 0 Å². The lowest BCUT2D eigenvalue weighted by Gasteiger charge is -2.31. The van der Waals surface area contributed by atoms with Crippen molar-refractivity contribution in [1.82, 2.24) is 9.97 Å². The third kappa shape index (κ3) is 5.43. The number of ether oxygens (including phenoxy) is 2. The Morgan fingerprint density at radius 1 is 1.19 bits per heavy atom. The number of cyclic esters (lactones) is 1. The minimum atomic E-state index is -0.818. The van der Waals surface area contributed by atoms with Gasteiger partial charge in [-0.15, -0.1) is 0 Å². The van der Waals surface area contributed by atoms with Gasteiger partial charge in [-0.2, -0.15) is 4.98 Å². The number of hydrogen-bond acceptors (Lipinski definition) is 6. The summed E-state index contributed by atoms with van der Waals surface area (Å²) in [6.45, 7) is 9.04. The first-order valence-electron chi connectivity index (χ1n) is 9.83. The molecule has 0 saturated carbocycles. The van der Waals surface area contributed by atoms with E-state index in [0.29, 0.717) is 5.56 Å². The molecular formula is C21H25F3N4O3. The second kappa shape index (κ2) is 8.70. The molecule has 0 unspecified atom stereocenters. The molecule has 168 valence electrons. The summed E-state index contributed by atoms with van der Waals surface area (Å²) in [5.41, 5.74) is -0.166. The van der Waals surface area contributed by atoms with Crippen molar-refractivity contribution in [3.8, 4) is 0 Å². The van der Waals surface area contributed by atoms with Crippen molar-refractivity contribution in [2.75, 3.05) is 16.8 Å². The van der Waals surface area contributed by atoms with Crippen LogP contribution in [0.1, 0.15) is 46.2 Å². The van der Waals surface area contributed by atoms with E-state index in [1.54, 1.807) is 13.8 Å². The van der Waals surface area contributed by atoms with Gasteiger partial charge in [0.1, 0.15) is 24.3 Å². The maximum Gasteiger partial charge on any atom is 0.416 e. The molecular weight excluding hydrogens is 413 g/mol. The molecule has 10 heteroatoms. The molecule has 1 fully saturated rings. The van der Waals surface area contributed by atoms with Crippen LogP contribution in [-0.4, -0.2) is 40.4 Å². The van der Waals surface area contributed by atoms with Gasteiger partial charge in [-0.05, 0) is 52.3 Å². The Morgan fingerprint density at radius 2 is 1.84 bits per heavy atom. The summed E-state index contributed by atoms with van der Waals surface area (Å²) < 4.78 is 52.6. The van der Waals surface area contributed by atoms with Crippen LogP contribution in [0.3, 0.4) is 0 Å². The quantitative estimate of drug-likeness (QED) is 0.711. The second-order valence-electron chi connectivity index (χ2n) is 8.38. The van der Waals surface area contributed by atoms with Gasteiger partial charge in [-0.3, -0.25) is 0 Å². The van der Waals surface area contributed by atoms with Crippen LogP contribution in [0.15, 0.2) is 24.4 Å². The smallest absolute Gasteiger partial charge is 0.416 e. The summed E-state index contributed by atoms with van der Waals surface area (Å²) >= 11 is 0. The lowest BCUT2D eigenvalue weighted by Crippen LogP contribution is -2.45. The van der Waals surface area contributed by atoms with E-state index in [1.165, 1.54) is 12.1 Å². The summed E-state index contributed by atoms with van der Waals surface area (Å²) in [4.78, 5) is 21.5. The zero-order valence-corrected chi connectivity index (χ0v) is 17.9. The monoisotopic (exact) mass is 438 g/mol. The number of benzene rings is 1. The molecule has 0 radical (unpaired) electrons. The first kappa shape index (κ1) is 22.8. The molecule has 0 aliphatic carbocycles. The third-order valence-electron chi connectivity index (χ3n) is 4.67. The Morgan fingerprint density at radius 3 is 2.45 bits per heavy atom. The standard InChI is InChI=1S/C21H25F3N4O3/c1-11(13-6-14(22)8-15(23)7-13)26-19-25-9-16(24)18(27-19)28-17(10-30-20(28)29)12(2)31-21(3,4)5/h6-9,11-12,17H,10H2,1-5H3,(H,25,26,27)/t11-,12+,17+/m0/s1. The number of halogens is 3. The first-order chi connectivity index (χ1) is 14.4. The van der Waals surface area contributed by atoms with Crippen molar-refractivity contribution in [3.63, 3.8) is 0 Å². The van der Waals surface area contributed by atoms with E-state index in [9.17, 15) is 18.0 Å². The number of anilines is 2. The Bertz CT molecular complexity index is 947. The molecule has 1 aliphatic rings. The predicted octanol–water partition coefficient (Wildman–Crippen LogP) is 4.60. The largest absolute Gasteiger partial charge is 0.447 e. The highest BCUT2D eigenvalue weighted by molar-refractivity contribution is 5.89. The average Bonchev–Trinajstić information content (AvgIpc) is 3.02. The van der Waals surface area contributed by atoms with Crippen LogP contribution in [0.5, 0.6) is 0 Å². The molecule has 1 aliphatic heterocycles. The van der Waals surface area contributed by atoms with Crippen molar-refractivity contribution >= 4 is 17.9 Å². The lowest BCUT2D eigenvalue weighted by atomic mass is 10.1. The maximum absolute atomic E-state index is 14.6. The summed E-state index contributed by atoms with van der Waals surface area (Å²) in [6, 6.07) is 1.92. The predicted molar refractivity (Wildman–Crippen MR) is 108 cm³/mol. The van der Waals surface area contributed by atoms with E-state index in [-0.39, 0.29) is 18.4 Å². The lowest BCUT2D eigenvalue weighted by molar-refractivity contribution is -0.0618. The van der Waals surface area contributed by atoms with Crippen LogP contribution < -0.4 is 10.2 Å². The number of hydrogen-bond donors (Lipinski definition) is 1. The first-order valence-corrected chi connectivity index (χ1v) is 9.83. The number of aromatic nitrogens is 2. The highest BCUT2D eigenvalue weighted by Crippen LogP contribution is 2.29. The Balaban J connectivity index is 1.86. The van der Waals surface area contributed by atoms with E-state index in [1.807, 2.05) is 20.8 Å². The summed E-state index contributed by atoms with van der Waals surface area (Å²) in [7, 11) is 0. The Hall–Kier alpha value is -2.88. The van der Waals surface area contributed by atoms with Crippen LogP contribution in [0.2, 0.25) is 0 Å². The van der Waals surface area contributed by atoms with Gasteiger partial charge in [0, 0.05) is 6.07 Å². The fraction of sp³-hybridized carbons (Fsp3) is 0.476. The summed E-state index contributed by atoms with van der Waals surface area (Å²) in [6.07, 6.45) is -0.300. The molecule has 2 aromatic rings. The number of nitrogens with zero attached hydrogens (tertiary/aromatic N) is 3. The third-order valence-corrected chi connectivity index (χ3v) is 4.67. The molecule has 1 saturated heterocycles. The normalized spacial score (nSPS) is 18.6. The van der Waals surface area contributed by atoms with Crippen LogP contribution in [-0.2, 0) is 9.47 Å². The van der Waals surface area contributed by atoms with E-state index in [0.717, 1.165) is 17.2 Å². The molecule has 0 spiro atoms. The minimum absolute atomic E-state index is 0.0151. The molecule has 2 heterocycles. The van der Waals surface area contributed by atoms with E-state index in [2.05, 4.69) is 15.3 Å². The fourth-order valence-electron chi connectivity index (χ4n) is 3.36. The highest BCUT2D eigenvalue weighted by atomic mass is 19.1. The zero-order valence-electron chi connectivity index (χ0n) is 17.9. The number of nitrogens with one attached hydrogen (secondary N) is 1. The molecule has 3 rings (SSSR count). The SMILES string of the molecule is C[C@H](Nc1ncc(F)c(N2C(=O)OC[C@@H]2[C@@H](C)OC(C)(C)C)n1)c1cc(F)cc(F)c1. The second-order valence-corrected chi connectivity index (χ2v) is 8.38. The molecule has 1 aromatic heterocycles. The Labute approximate surface area is 178 Å². The van der Waals surface area contributed by atoms with E-state index < -0.39 is 47.3 Å². The molecule has 3 atom stereocenters. The van der Waals surface area contributed by atoms with Gasteiger partial charge >= 0.3 is 6.09 Å². The van der Waals surface area contributed by atoms with Crippen molar-refractivity contribution in [2.45, 2.75) is 58.4 Å². The van der Waals surface area contributed by atoms with Gasteiger partial charge in [0.2, 0.25) is 5.95 Å². The summed E-state index contributed by atoms with van der Waals surface area (Å²) in [5, 5.41) is 2.87. The van der Waals surface area contributed by atoms with Crippen molar-refractivity contribution < 1.29 is 27.4 Å². The van der Waals surface area contributed by atoms with Gasteiger partial charge < -0.3 is 14.8 Å². The van der Waals surface area contributed by atoms with Gasteiger partial charge in [0.15, 0.2) is 11.6 Å². The van der Waals surface area contributed by atoms with Crippen molar-refractivity contribution in [2.24, 2.45) is 0 Å². The summed E-state index contributed by atoms with van der Waals surface area (Å²) in [5.74, 6) is -2.55.